The van der Waals surface area contributed by atoms with Crippen molar-refractivity contribution in [3.8, 4) is 0 Å². The molecule has 0 atom stereocenters. The van der Waals surface area contributed by atoms with Crippen molar-refractivity contribution >= 4 is 5.70 Å². The van der Waals surface area contributed by atoms with Crippen molar-refractivity contribution in [1.82, 2.24) is 5.48 Å². The lowest BCUT2D eigenvalue weighted by Gasteiger charge is -2.11. The third-order valence-corrected chi connectivity index (χ3v) is 2.83. The molecule has 2 aromatic carbocycles. The fraction of sp³-hybridized carbons (Fsp3) is 0.176. The maximum Gasteiger partial charge on any atom is 0.123 e. The van der Waals surface area contributed by atoms with Gasteiger partial charge in [0.25, 0.3) is 0 Å². The minimum Gasteiger partial charge on any atom is -0.271 e. The summed E-state index contributed by atoms with van der Waals surface area (Å²) in [6.45, 7) is 2.52. The highest BCUT2D eigenvalue weighted by Crippen LogP contribution is 2.13. The molecule has 0 aromatic heterocycles. The fourth-order valence-corrected chi connectivity index (χ4v) is 1.82. The summed E-state index contributed by atoms with van der Waals surface area (Å²) in [5.74, 6) is -0.241. The van der Waals surface area contributed by atoms with E-state index >= 15 is 0 Å². The van der Waals surface area contributed by atoms with E-state index in [0.717, 1.165) is 23.2 Å². The zero-order valence-corrected chi connectivity index (χ0v) is 11.5. The molecule has 1 N–H and O–H groups in total. The first-order chi connectivity index (χ1) is 9.79. The topological polar surface area (TPSA) is 21.3 Å². The van der Waals surface area contributed by atoms with Gasteiger partial charge in [0.15, 0.2) is 0 Å². The molecule has 104 valence electrons. The Morgan fingerprint density at radius 1 is 1.10 bits per heavy atom. The summed E-state index contributed by atoms with van der Waals surface area (Å²) >= 11 is 0. The SMILES string of the molecule is CCC=C(NOCc1ccccc1)c1ccc(F)cc1. The van der Waals surface area contributed by atoms with Gasteiger partial charge >= 0.3 is 0 Å². The standard InChI is InChI=1S/C17H18FNO/c1-2-6-17(15-9-11-16(18)12-10-15)19-20-13-14-7-4-3-5-8-14/h3-12,19H,2,13H2,1H3. The predicted molar refractivity (Wildman–Crippen MR) is 79.0 cm³/mol. The highest BCUT2D eigenvalue weighted by molar-refractivity contribution is 5.62. The van der Waals surface area contributed by atoms with Crippen LogP contribution in [-0.4, -0.2) is 0 Å². The number of hydrogen-bond acceptors (Lipinski definition) is 2. The first kappa shape index (κ1) is 14.3. The summed E-state index contributed by atoms with van der Waals surface area (Å²) in [6, 6.07) is 16.3. The molecule has 0 aliphatic carbocycles. The van der Waals surface area contributed by atoms with Gasteiger partial charge in [-0.3, -0.25) is 10.3 Å². The number of nitrogens with one attached hydrogen (secondary N) is 1. The molecular formula is C17H18FNO. The van der Waals surface area contributed by atoms with Gasteiger partial charge in [0.2, 0.25) is 0 Å². The van der Waals surface area contributed by atoms with Crippen LogP contribution in [0.15, 0.2) is 60.7 Å². The average Bonchev–Trinajstić information content (AvgIpc) is 2.48. The Kier molecular flexibility index (Phi) is 5.33. The second kappa shape index (κ2) is 7.46. The number of halogens is 1. The van der Waals surface area contributed by atoms with Crippen molar-refractivity contribution in [1.29, 1.82) is 0 Å². The molecule has 0 fully saturated rings. The van der Waals surface area contributed by atoms with Gasteiger partial charge in [-0.25, -0.2) is 4.39 Å². The largest absolute Gasteiger partial charge is 0.271 e. The third-order valence-electron chi connectivity index (χ3n) is 2.83. The highest BCUT2D eigenvalue weighted by Gasteiger charge is 2.01. The molecule has 2 rings (SSSR count). The third kappa shape index (κ3) is 4.21. The maximum atomic E-state index is 12.9. The van der Waals surface area contributed by atoms with Gasteiger partial charge in [-0.1, -0.05) is 43.3 Å². The fourth-order valence-electron chi connectivity index (χ4n) is 1.82. The van der Waals surface area contributed by atoms with E-state index in [1.54, 1.807) is 12.1 Å². The Hall–Kier alpha value is -2.13. The van der Waals surface area contributed by atoms with Gasteiger partial charge < -0.3 is 0 Å². The lowest BCUT2D eigenvalue weighted by Crippen LogP contribution is -2.13. The predicted octanol–water partition coefficient (Wildman–Crippen LogP) is 4.30. The van der Waals surface area contributed by atoms with Crippen LogP contribution in [0.1, 0.15) is 24.5 Å². The molecule has 2 nitrogen and oxygen atoms in total. The second-order valence-electron chi connectivity index (χ2n) is 4.41. The molecule has 0 heterocycles. The van der Waals surface area contributed by atoms with Crippen LogP contribution in [0.25, 0.3) is 5.70 Å². The molecule has 2 aromatic rings. The van der Waals surface area contributed by atoms with Crippen molar-refractivity contribution in [2.24, 2.45) is 0 Å². The molecule has 0 saturated heterocycles. The summed E-state index contributed by atoms with van der Waals surface area (Å²) < 4.78 is 12.9. The Morgan fingerprint density at radius 2 is 1.80 bits per heavy atom. The van der Waals surface area contributed by atoms with E-state index in [0.29, 0.717) is 6.61 Å². The Labute approximate surface area is 118 Å². The molecule has 0 amide bonds. The Bertz CT molecular complexity index is 549. The smallest absolute Gasteiger partial charge is 0.123 e. The minimum absolute atomic E-state index is 0.241. The summed E-state index contributed by atoms with van der Waals surface area (Å²) in [6.07, 6.45) is 2.88. The lowest BCUT2D eigenvalue weighted by molar-refractivity contribution is 0.0645. The van der Waals surface area contributed by atoms with E-state index in [2.05, 4.69) is 5.48 Å². The number of benzene rings is 2. The van der Waals surface area contributed by atoms with E-state index in [-0.39, 0.29) is 5.82 Å². The van der Waals surface area contributed by atoms with Crippen LogP contribution >= 0.6 is 0 Å². The number of rotatable bonds is 6. The number of hydroxylamine groups is 1. The van der Waals surface area contributed by atoms with E-state index in [1.807, 2.05) is 43.3 Å². The summed E-state index contributed by atoms with van der Waals surface area (Å²) in [7, 11) is 0. The van der Waals surface area contributed by atoms with Crippen LogP contribution in [0.2, 0.25) is 0 Å². The molecule has 0 bridgehead atoms. The van der Waals surface area contributed by atoms with Gasteiger partial charge in [0.1, 0.15) is 5.82 Å². The van der Waals surface area contributed by atoms with Crippen molar-refractivity contribution in [3.05, 3.63) is 77.6 Å². The van der Waals surface area contributed by atoms with Crippen LogP contribution < -0.4 is 5.48 Å². The maximum absolute atomic E-state index is 12.9. The van der Waals surface area contributed by atoms with Crippen molar-refractivity contribution < 1.29 is 9.23 Å². The Morgan fingerprint density at radius 3 is 2.45 bits per heavy atom. The monoisotopic (exact) mass is 271 g/mol. The van der Waals surface area contributed by atoms with Gasteiger partial charge in [0, 0.05) is 0 Å². The molecule has 0 radical (unpaired) electrons. The van der Waals surface area contributed by atoms with Crippen molar-refractivity contribution in [2.75, 3.05) is 0 Å². The zero-order valence-electron chi connectivity index (χ0n) is 11.5. The van der Waals surface area contributed by atoms with E-state index in [4.69, 9.17) is 4.84 Å². The molecule has 20 heavy (non-hydrogen) atoms. The number of allylic oxidation sites excluding steroid dienone is 1. The van der Waals surface area contributed by atoms with Crippen molar-refractivity contribution in [2.45, 2.75) is 20.0 Å². The quantitative estimate of drug-likeness (QED) is 0.791. The highest BCUT2D eigenvalue weighted by atomic mass is 19.1. The average molecular weight is 271 g/mol. The molecule has 0 saturated carbocycles. The molecular weight excluding hydrogens is 253 g/mol. The summed E-state index contributed by atoms with van der Waals surface area (Å²) in [4.78, 5) is 5.51. The Balaban J connectivity index is 1.96. The van der Waals surface area contributed by atoms with Crippen LogP contribution in [0, 0.1) is 5.82 Å². The lowest BCUT2D eigenvalue weighted by atomic mass is 10.1. The van der Waals surface area contributed by atoms with Crippen LogP contribution in [0.5, 0.6) is 0 Å². The normalized spacial score (nSPS) is 11.4. The van der Waals surface area contributed by atoms with Crippen LogP contribution in [0.3, 0.4) is 0 Å². The first-order valence-corrected chi connectivity index (χ1v) is 6.67. The van der Waals surface area contributed by atoms with E-state index in [9.17, 15) is 4.39 Å². The number of hydrogen-bond donors (Lipinski definition) is 1. The first-order valence-electron chi connectivity index (χ1n) is 6.67. The molecule has 0 aliphatic rings. The van der Waals surface area contributed by atoms with E-state index < -0.39 is 0 Å². The van der Waals surface area contributed by atoms with Crippen LogP contribution in [-0.2, 0) is 11.4 Å². The summed E-state index contributed by atoms with van der Waals surface area (Å²) in [5.41, 5.74) is 5.79. The van der Waals surface area contributed by atoms with Crippen LogP contribution in [0.4, 0.5) is 4.39 Å². The minimum atomic E-state index is -0.241. The second-order valence-corrected chi connectivity index (χ2v) is 4.41. The van der Waals surface area contributed by atoms with Crippen molar-refractivity contribution in [3.63, 3.8) is 0 Å². The summed E-state index contributed by atoms with van der Waals surface area (Å²) in [5, 5.41) is 0. The molecule has 0 aliphatic heterocycles. The van der Waals surface area contributed by atoms with E-state index in [1.165, 1.54) is 12.1 Å². The van der Waals surface area contributed by atoms with Gasteiger partial charge in [-0.15, -0.1) is 0 Å². The molecule has 0 spiro atoms. The zero-order chi connectivity index (χ0) is 14.2. The van der Waals surface area contributed by atoms with Gasteiger partial charge in [0.05, 0.1) is 12.3 Å². The molecule has 3 heteroatoms. The molecule has 0 unspecified atom stereocenters. The van der Waals surface area contributed by atoms with Gasteiger partial charge in [-0.2, -0.15) is 0 Å². The van der Waals surface area contributed by atoms with Gasteiger partial charge in [-0.05, 0) is 41.8 Å².